The molecule has 0 aromatic heterocycles. The van der Waals surface area contributed by atoms with Crippen molar-refractivity contribution >= 4 is 44.7 Å². The summed E-state index contributed by atoms with van der Waals surface area (Å²) in [4.78, 5) is 10.5. The predicted molar refractivity (Wildman–Crippen MR) is 178 cm³/mol. The van der Waals surface area contributed by atoms with Crippen LogP contribution in [-0.2, 0) is 38.5 Å². The first kappa shape index (κ1) is 37.9. The van der Waals surface area contributed by atoms with Gasteiger partial charge in [-0.05, 0) is 48.2 Å². The van der Waals surface area contributed by atoms with Crippen molar-refractivity contribution in [2.75, 3.05) is 19.0 Å². The maximum atomic E-state index is 10.5. The third-order valence-corrected chi connectivity index (χ3v) is 6.81. The smallest absolute Gasteiger partial charge is 0.333 e. The highest BCUT2D eigenvalue weighted by Gasteiger charge is 2.09. The molecule has 0 aliphatic carbocycles. The second-order valence-electron chi connectivity index (χ2n) is 9.39. The Labute approximate surface area is 263 Å². The zero-order valence-electron chi connectivity index (χ0n) is 23.9. The summed E-state index contributed by atoms with van der Waals surface area (Å²) in [5.41, 5.74) is 30.9. The summed E-state index contributed by atoms with van der Waals surface area (Å²) < 4.78 is 30.3. The molecular formula is C29H42N6O5S3. The summed E-state index contributed by atoms with van der Waals surface area (Å²) in [6.07, 6.45) is 2.10. The third kappa shape index (κ3) is 22.2. The molecule has 1 amide bonds. The van der Waals surface area contributed by atoms with E-state index < -0.39 is 10.3 Å². The lowest BCUT2D eigenvalue weighted by Gasteiger charge is -2.11. The van der Waals surface area contributed by atoms with Crippen molar-refractivity contribution in [1.29, 1.82) is 0 Å². The van der Waals surface area contributed by atoms with Crippen LogP contribution in [-0.4, -0.2) is 55.9 Å². The molecule has 3 atom stereocenters. The number of benzene rings is 3. The van der Waals surface area contributed by atoms with Crippen molar-refractivity contribution < 1.29 is 22.1 Å². The van der Waals surface area contributed by atoms with E-state index in [2.05, 4.69) is 21.5 Å². The van der Waals surface area contributed by atoms with E-state index in [4.69, 9.17) is 33.4 Å². The first-order valence-electron chi connectivity index (χ1n) is 13.2. The molecule has 0 spiro atoms. The van der Waals surface area contributed by atoms with Crippen LogP contribution in [0.3, 0.4) is 0 Å². The van der Waals surface area contributed by atoms with E-state index in [1.165, 1.54) is 11.1 Å². The summed E-state index contributed by atoms with van der Waals surface area (Å²) in [5.74, 6) is 0.574. The number of amides is 1. The van der Waals surface area contributed by atoms with Crippen molar-refractivity contribution in [2.45, 2.75) is 37.4 Å². The number of rotatable bonds is 13. The molecule has 0 aliphatic rings. The van der Waals surface area contributed by atoms with Crippen LogP contribution < -0.4 is 33.8 Å². The minimum Gasteiger partial charge on any atom is -0.470 e. The van der Waals surface area contributed by atoms with Crippen molar-refractivity contribution in [3.63, 3.8) is 0 Å². The van der Waals surface area contributed by atoms with Crippen LogP contribution in [0.5, 0.6) is 0 Å². The van der Waals surface area contributed by atoms with E-state index in [0.29, 0.717) is 18.8 Å². The largest absolute Gasteiger partial charge is 0.470 e. The molecule has 3 aromatic rings. The van der Waals surface area contributed by atoms with Crippen LogP contribution in [0, 0.1) is 0 Å². The van der Waals surface area contributed by atoms with Crippen LogP contribution in [0.4, 0.5) is 4.79 Å². The van der Waals surface area contributed by atoms with Gasteiger partial charge in [0.15, 0.2) is 0 Å². The fourth-order valence-corrected chi connectivity index (χ4v) is 4.42. The van der Waals surface area contributed by atoms with Crippen molar-refractivity contribution in [1.82, 2.24) is 0 Å². The van der Waals surface area contributed by atoms with Crippen molar-refractivity contribution in [3.8, 4) is 0 Å². The molecule has 0 heterocycles. The molecule has 14 heteroatoms. The van der Waals surface area contributed by atoms with E-state index in [1.807, 2.05) is 91.0 Å². The van der Waals surface area contributed by atoms with Gasteiger partial charge in [0.2, 0.25) is 0 Å². The number of nitrogens with two attached hydrogens (primary N) is 6. The minimum absolute atomic E-state index is 0.0186. The molecular weight excluding hydrogens is 609 g/mol. The fourth-order valence-electron chi connectivity index (χ4n) is 3.49. The molecule has 3 unspecified atom stereocenters. The summed E-state index contributed by atoms with van der Waals surface area (Å²) in [7, 11) is -3.89. The Morgan fingerprint density at radius 1 is 0.698 bits per heavy atom. The molecule has 0 saturated heterocycles. The molecule has 0 radical (unpaired) electrons. The van der Waals surface area contributed by atoms with E-state index in [9.17, 15) is 13.2 Å². The maximum Gasteiger partial charge on any atom is 0.333 e. The number of thioether (sulfide) groups is 1. The average Bonchev–Trinajstić information content (AvgIpc) is 2.96. The standard InChI is InChI=1S/2C10H14N2OS.C9H14N2O3S/c11-9(7-14-10(12)13)6-8-4-2-1-3-5-8;11-9(7-13-10(12)14)6-8-4-2-1-3-5-8;10-9(7-14-15(11,12)13)6-8-4-2-1-3-5-8/h1-5,9H,6-7,11H2,(H2,12,13);1-5,9H,6-7,11H2,(H2,12,14);1-5,9H,6-7,10H2,(H2,11,12,13). The number of thiocarbonyl (C=S) groups is 1. The summed E-state index contributed by atoms with van der Waals surface area (Å²) >= 11 is 5.65. The van der Waals surface area contributed by atoms with E-state index in [0.717, 1.165) is 30.2 Å². The highest BCUT2D eigenvalue weighted by Crippen LogP contribution is 2.07. The number of carbonyl (C=O) groups excluding carboxylic acids is 1. The first-order valence-corrected chi connectivity index (χ1v) is 16.1. The lowest BCUT2D eigenvalue weighted by atomic mass is 10.1. The monoisotopic (exact) mass is 650 g/mol. The number of carbonyl (C=O) groups is 1. The Hall–Kier alpha value is -3.08. The van der Waals surface area contributed by atoms with Crippen LogP contribution in [0.25, 0.3) is 0 Å². The summed E-state index contributed by atoms with van der Waals surface area (Å²) in [5, 5.41) is 4.35. The van der Waals surface area contributed by atoms with Gasteiger partial charge < -0.3 is 33.4 Å². The Bertz CT molecular complexity index is 1230. The summed E-state index contributed by atoms with van der Waals surface area (Å²) in [6.45, 7) is 0.262. The second kappa shape index (κ2) is 21.6. The molecule has 11 nitrogen and oxygen atoms in total. The fraction of sp³-hybridized carbons (Fsp3) is 0.310. The summed E-state index contributed by atoms with van der Waals surface area (Å²) in [6, 6.07) is 29.0. The van der Waals surface area contributed by atoms with Gasteiger partial charge in [-0.15, -0.1) is 0 Å². The van der Waals surface area contributed by atoms with Gasteiger partial charge in [0.1, 0.15) is 6.61 Å². The van der Waals surface area contributed by atoms with Gasteiger partial charge in [0.25, 0.3) is 10.4 Å². The minimum atomic E-state index is -3.89. The molecule has 0 fully saturated rings. The number of ether oxygens (including phenoxy) is 1. The molecule has 0 bridgehead atoms. The SMILES string of the molecule is NC(=O)SCC(N)Cc1ccccc1.NC(=S)OCC(N)Cc1ccccc1.NC(COS(N)(=O)=O)Cc1ccccc1. The lowest BCUT2D eigenvalue weighted by molar-refractivity contribution is 0.267. The van der Waals surface area contributed by atoms with Crippen molar-refractivity contribution in [2.24, 2.45) is 33.8 Å². The predicted octanol–water partition coefficient (Wildman–Crippen LogP) is 1.96. The highest BCUT2D eigenvalue weighted by atomic mass is 32.2. The lowest BCUT2D eigenvalue weighted by Crippen LogP contribution is -2.31. The van der Waals surface area contributed by atoms with Gasteiger partial charge in [-0.3, -0.25) is 8.98 Å². The van der Waals surface area contributed by atoms with Crippen LogP contribution in [0.15, 0.2) is 91.0 Å². The van der Waals surface area contributed by atoms with Gasteiger partial charge in [0, 0.05) is 23.9 Å². The Morgan fingerprint density at radius 2 is 1.07 bits per heavy atom. The number of hydrogen-bond donors (Lipinski definition) is 6. The number of primary amides is 1. The molecule has 0 saturated carbocycles. The van der Waals surface area contributed by atoms with Gasteiger partial charge in [0.05, 0.1) is 6.61 Å². The zero-order valence-corrected chi connectivity index (χ0v) is 26.3. The Kier molecular flexibility index (Phi) is 19.0. The second-order valence-corrected chi connectivity index (χ2v) is 12.0. The van der Waals surface area contributed by atoms with Crippen molar-refractivity contribution in [3.05, 3.63) is 108 Å². The van der Waals surface area contributed by atoms with Gasteiger partial charge in [-0.25, -0.2) is 5.14 Å². The topological polar surface area (TPSA) is 226 Å². The van der Waals surface area contributed by atoms with Gasteiger partial charge in [-0.2, -0.15) is 8.42 Å². The normalized spacial score (nSPS) is 12.7. The van der Waals surface area contributed by atoms with Gasteiger partial charge >= 0.3 is 10.3 Å². The van der Waals surface area contributed by atoms with E-state index >= 15 is 0 Å². The van der Waals surface area contributed by atoms with Gasteiger partial charge in [-0.1, -0.05) is 103 Å². The first-order chi connectivity index (χ1) is 20.3. The Balaban J connectivity index is 0.000000323. The zero-order chi connectivity index (χ0) is 32.1. The molecule has 3 aromatic carbocycles. The van der Waals surface area contributed by atoms with Crippen LogP contribution >= 0.6 is 24.0 Å². The Morgan fingerprint density at radius 3 is 1.42 bits per heavy atom. The quantitative estimate of drug-likeness (QED) is 0.147. The molecule has 0 aliphatic heterocycles. The molecule has 43 heavy (non-hydrogen) atoms. The molecule has 3 rings (SSSR count). The third-order valence-electron chi connectivity index (χ3n) is 5.35. The number of hydrogen-bond acceptors (Lipinski definition) is 10. The van der Waals surface area contributed by atoms with Crippen LogP contribution in [0.2, 0.25) is 0 Å². The van der Waals surface area contributed by atoms with Crippen LogP contribution in [0.1, 0.15) is 16.7 Å². The highest BCUT2D eigenvalue weighted by molar-refractivity contribution is 8.13. The molecule has 236 valence electrons. The average molecular weight is 651 g/mol. The van der Waals surface area contributed by atoms with E-state index in [1.54, 1.807) is 0 Å². The molecule has 12 N–H and O–H groups in total. The van der Waals surface area contributed by atoms with E-state index in [-0.39, 0.29) is 35.1 Å². The maximum absolute atomic E-state index is 10.5.